The summed E-state index contributed by atoms with van der Waals surface area (Å²) in [5.41, 5.74) is 0.231. The van der Waals surface area contributed by atoms with Crippen LogP contribution < -0.4 is 4.74 Å². The summed E-state index contributed by atoms with van der Waals surface area (Å²) in [5.74, 6) is -0.343. The van der Waals surface area contributed by atoms with Gasteiger partial charge < -0.3 is 33.5 Å². The summed E-state index contributed by atoms with van der Waals surface area (Å²) in [6, 6.07) is 6.33. The molecule has 0 amide bonds. The topological polar surface area (TPSA) is 92.7 Å². The minimum atomic E-state index is -0.957. The fourth-order valence-electron chi connectivity index (χ4n) is 3.34. The van der Waals surface area contributed by atoms with Crippen LogP contribution in [0.1, 0.15) is 64.2 Å². The van der Waals surface area contributed by atoms with E-state index in [1.165, 1.54) is 12.1 Å². The van der Waals surface area contributed by atoms with Crippen molar-refractivity contribution in [3.8, 4) is 5.75 Å². The standard InChI is InChI=1S/C26H44O8/c1-6-23(32-16-14-30-20(3)4)19-25(34-13-12-29-7-2)18-21(5)31-15-17-33-24-10-8-22(9-11-24)26(27)28/h8-11,20-21,23,25H,6-7,12-19H2,1-5H3,(H,27,28). The van der Waals surface area contributed by atoms with Crippen molar-refractivity contribution in [2.75, 3.05) is 46.2 Å². The van der Waals surface area contributed by atoms with Crippen molar-refractivity contribution in [2.45, 2.75) is 78.3 Å². The lowest BCUT2D eigenvalue weighted by Crippen LogP contribution is -2.29. The molecule has 0 bridgehead atoms. The highest BCUT2D eigenvalue weighted by molar-refractivity contribution is 5.87. The molecule has 1 aromatic carbocycles. The highest BCUT2D eigenvalue weighted by Crippen LogP contribution is 2.17. The zero-order valence-electron chi connectivity index (χ0n) is 21.5. The molecule has 8 heteroatoms. The van der Waals surface area contributed by atoms with Crippen molar-refractivity contribution in [1.82, 2.24) is 0 Å². The number of hydrogen-bond acceptors (Lipinski definition) is 7. The van der Waals surface area contributed by atoms with Crippen LogP contribution >= 0.6 is 0 Å². The second-order valence-corrected chi connectivity index (χ2v) is 8.34. The molecule has 1 aromatic rings. The predicted molar refractivity (Wildman–Crippen MR) is 131 cm³/mol. The van der Waals surface area contributed by atoms with Gasteiger partial charge in [-0.25, -0.2) is 4.79 Å². The molecule has 0 aliphatic heterocycles. The van der Waals surface area contributed by atoms with Crippen LogP contribution in [0.15, 0.2) is 24.3 Å². The Labute approximate surface area is 204 Å². The van der Waals surface area contributed by atoms with Crippen molar-refractivity contribution in [1.29, 1.82) is 0 Å². The molecular formula is C26H44O8. The third kappa shape index (κ3) is 14.5. The Morgan fingerprint density at radius 2 is 1.41 bits per heavy atom. The van der Waals surface area contributed by atoms with E-state index in [2.05, 4.69) is 6.92 Å². The van der Waals surface area contributed by atoms with Crippen LogP contribution in [0.25, 0.3) is 0 Å². The van der Waals surface area contributed by atoms with Gasteiger partial charge in [-0.15, -0.1) is 0 Å². The highest BCUT2D eigenvalue weighted by Gasteiger charge is 2.20. The minimum absolute atomic E-state index is 0.00379. The van der Waals surface area contributed by atoms with E-state index in [0.717, 1.165) is 19.3 Å². The van der Waals surface area contributed by atoms with Crippen LogP contribution in [0.5, 0.6) is 5.75 Å². The molecule has 1 N–H and O–H groups in total. The SMILES string of the molecule is CCOCCOC(CC(C)OCCOc1ccc(C(=O)O)cc1)CC(CC)OCCOC(C)C. The van der Waals surface area contributed by atoms with Crippen molar-refractivity contribution in [3.05, 3.63) is 29.8 Å². The molecule has 0 aliphatic carbocycles. The average molecular weight is 485 g/mol. The van der Waals surface area contributed by atoms with Crippen molar-refractivity contribution in [2.24, 2.45) is 0 Å². The molecular weight excluding hydrogens is 440 g/mol. The Morgan fingerprint density at radius 1 is 0.794 bits per heavy atom. The second kappa shape index (κ2) is 18.6. The molecule has 0 aromatic heterocycles. The first-order chi connectivity index (χ1) is 16.3. The maximum Gasteiger partial charge on any atom is 0.335 e. The summed E-state index contributed by atoms with van der Waals surface area (Å²) in [6.07, 6.45) is 2.69. The normalized spacial score (nSPS) is 14.2. The summed E-state index contributed by atoms with van der Waals surface area (Å²) in [6.45, 7) is 13.9. The minimum Gasteiger partial charge on any atom is -0.491 e. The zero-order valence-corrected chi connectivity index (χ0v) is 21.5. The number of rotatable bonds is 21. The second-order valence-electron chi connectivity index (χ2n) is 8.34. The van der Waals surface area contributed by atoms with Crippen molar-refractivity contribution in [3.63, 3.8) is 0 Å². The molecule has 0 saturated heterocycles. The van der Waals surface area contributed by atoms with E-state index in [1.807, 2.05) is 27.7 Å². The molecule has 0 heterocycles. The predicted octanol–water partition coefficient (Wildman–Crippen LogP) is 4.59. The lowest BCUT2D eigenvalue weighted by atomic mass is 10.0. The smallest absolute Gasteiger partial charge is 0.335 e. The monoisotopic (exact) mass is 484 g/mol. The molecule has 0 saturated carbocycles. The van der Waals surface area contributed by atoms with E-state index in [-0.39, 0.29) is 30.0 Å². The van der Waals surface area contributed by atoms with Gasteiger partial charge in [0, 0.05) is 6.61 Å². The molecule has 8 nitrogen and oxygen atoms in total. The van der Waals surface area contributed by atoms with Crippen LogP contribution in [-0.4, -0.2) is 81.7 Å². The third-order valence-corrected chi connectivity index (χ3v) is 5.11. The van der Waals surface area contributed by atoms with Gasteiger partial charge in [0.2, 0.25) is 0 Å². The van der Waals surface area contributed by atoms with Gasteiger partial charge in [0.1, 0.15) is 12.4 Å². The maximum atomic E-state index is 10.9. The first kappa shape index (κ1) is 30.3. The van der Waals surface area contributed by atoms with Crippen LogP contribution in [0, 0.1) is 0 Å². The highest BCUT2D eigenvalue weighted by atomic mass is 16.5. The third-order valence-electron chi connectivity index (χ3n) is 5.11. The molecule has 3 atom stereocenters. The molecule has 0 aliphatic rings. The lowest BCUT2D eigenvalue weighted by molar-refractivity contribution is -0.0688. The Balaban J connectivity index is 2.43. The van der Waals surface area contributed by atoms with E-state index in [9.17, 15) is 4.79 Å². The number of hydrogen-bond donors (Lipinski definition) is 1. The van der Waals surface area contributed by atoms with Gasteiger partial charge in [-0.05, 0) is 71.2 Å². The Morgan fingerprint density at radius 3 is 2.03 bits per heavy atom. The molecule has 34 heavy (non-hydrogen) atoms. The van der Waals surface area contributed by atoms with Gasteiger partial charge in [-0.1, -0.05) is 6.92 Å². The molecule has 0 spiro atoms. The first-order valence-corrected chi connectivity index (χ1v) is 12.4. The van der Waals surface area contributed by atoms with Gasteiger partial charge in [0.05, 0.1) is 63.0 Å². The Kier molecular flexibility index (Phi) is 16.6. The van der Waals surface area contributed by atoms with Gasteiger partial charge >= 0.3 is 5.97 Å². The summed E-state index contributed by atoms with van der Waals surface area (Å²) < 4.78 is 34.7. The van der Waals surface area contributed by atoms with E-state index in [1.54, 1.807) is 12.1 Å². The number of carboxylic acid groups (broad SMARTS) is 1. The number of ether oxygens (including phenoxy) is 6. The average Bonchev–Trinajstić information content (AvgIpc) is 2.81. The van der Waals surface area contributed by atoms with Crippen LogP contribution in [-0.2, 0) is 23.7 Å². The lowest BCUT2D eigenvalue weighted by Gasteiger charge is -2.26. The van der Waals surface area contributed by atoms with Crippen molar-refractivity contribution >= 4 is 5.97 Å². The molecule has 0 fully saturated rings. The fourth-order valence-corrected chi connectivity index (χ4v) is 3.34. The first-order valence-electron chi connectivity index (χ1n) is 12.4. The number of benzene rings is 1. The molecule has 0 radical (unpaired) electrons. The summed E-state index contributed by atoms with van der Waals surface area (Å²) in [7, 11) is 0. The quantitative estimate of drug-likeness (QED) is 0.253. The maximum absolute atomic E-state index is 10.9. The van der Waals surface area contributed by atoms with Gasteiger partial charge in [-0.2, -0.15) is 0 Å². The van der Waals surface area contributed by atoms with Crippen molar-refractivity contribution < 1.29 is 38.3 Å². The molecule has 3 unspecified atom stereocenters. The van der Waals surface area contributed by atoms with Crippen LogP contribution in [0.2, 0.25) is 0 Å². The van der Waals surface area contributed by atoms with E-state index < -0.39 is 5.97 Å². The van der Waals surface area contributed by atoms with Gasteiger partial charge in [0.15, 0.2) is 0 Å². The fraction of sp³-hybridized carbons (Fsp3) is 0.731. The summed E-state index contributed by atoms with van der Waals surface area (Å²) in [4.78, 5) is 10.9. The number of carboxylic acids is 1. The van der Waals surface area contributed by atoms with E-state index in [0.29, 0.717) is 52.0 Å². The Hall–Kier alpha value is -1.71. The summed E-state index contributed by atoms with van der Waals surface area (Å²) in [5, 5.41) is 8.96. The van der Waals surface area contributed by atoms with Crippen LogP contribution in [0.3, 0.4) is 0 Å². The largest absolute Gasteiger partial charge is 0.491 e. The van der Waals surface area contributed by atoms with E-state index in [4.69, 9.17) is 33.5 Å². The molecule has 196 valence electrons. The van der Waals surface area contributed by atoms with E-state index >= 15 is 0 Å². The number of carbonyl (C=O) groups is 1. The van der Waals surface area contributed by atoms with Gasteiger partial charge in [0.25, 0.3) is 0 Å². The van der Waals surface area contributed by atoms with Gasteiger partial charge in [-0.3, -0.25) is 0 Å². The summed E-state index contributed by atoms with van der Waals surface area (Å²) >= 11 is 0. The number of aromatic carboxylic acids is 1. The zero-order chi connectivity index (χ0) is 25.2. The molecule has 1 rings (SSSR count). The van der Waals surface area contributed by atoms with Crippen LogP contribution in [0.4, 0.5) is 0 Å². The Bertz CT molecular complexity index is 634.